The number of nitrogens with one attached hydrogen (secondary N) is 1. The lowest BCUT2D eigenvalue weighted by Gasteiger charge is -2.12. The maximum atomic E-state index is 14.2. The van der Waals surface area contributed by atoms with Crippen LogP contribution in [-0.2, 0) is 11.8 Å². The summed E-state index contributed by atoms with van der Waals surface area (Å²) in [5.74, 6) is -3.76. The number of fused-ring (bicyclic) bond motifs is 1. The molecule has 0 saturated carbocycles. The Morgan fingerprint density at radius 1 is 1.32 bits per heavy atom. The summed E-state index contributed by atoms with van der Waals surface area (Å²) < 4.78 is 15.2. The number of hydrogen-bond acceptors (Lipinski definition) is 6. The summed E-state index contributed by atoms with van der Waals surface area (Å²) in [6, 6.07) is 4.48. The summed E-state index contributed by atoms with van der Waals surface area (Å²) in [6.45, 7) is 0.910. The third kappa shape index (κ3) is 3.27. The molecule has 0 aliphatic rings. The Kier molecular flexibility index (Phi) is 4.78. The Hall–Kier alpha value is -3.82. The van der Waals surface area contributed by atoms with Gasteiger partial charge in [0.05, 0.1) is 5.39 Å². The van der Waals surface area contributed by atoms with Gasteiger partial charge >= 0.3 is 5.97 Å². The molecule has 3 N–H and O–H groups in total. The van der Waals surface area contributed by atoms with E-state index in [1.807, 2.05) is 5.32 Å². The number of aliphatic carboxylic acids is 1. The molecular formula is C18H15FN4O5. The molecule has 10 heteroatoms. The molecular weight excluding hydrogens is 371 g/mol. The van der Waals surface area contributed by atoms with Gasteiger partial charge in [0.2, 0.25) is 5.95 Å². The van der Waals surface area contributed by atoms with Gasteiger partial charge in [0.1, 0.15) is 23.5 Å². The molecule has 0 bridgehead atoms. The van der Waals surface area contributed by atoms with Gasteiger partial charge in [-0.25, -0.2) is 9.97 Å². The van der Waals surface area contributed by atoms with Crippen molar-refractivity contribution in [3.05, 3.63) is 52.0 Å². The first kappa shape index (κ1) is 19.0. The third-order valence-corrected chi connectivity index (χ3v) is 4.12. The number of carbonyl (C=O) groups excluding carboxylic acids is 1. The fourth-order valence-electron chi connectivity index (χ4n) is 2.74. The van der Waals surface area contributed by atoms with Crippen LogP contribution in [0.1, 0.15) is 16.1 Å². The van der Waals surface area contributed by atoms with Gasteiger partial charge in [-0.3, -0.25) is 19.0 Å². The molecule has 144 valence electrons. The first-order chi connectivity index (χ1) is 13.2. The van der Waals surface area contributed by atoms with Crippen molar-refractivity contribution in [2.24, 2.45) is 7.05 Å². The van der Waals surface area contributed by atoms with Crippen molar-refractivity contribution in [1.29, 1.82) is 0 Å². The largest absolute Gasteiger partial charge is 0.506 e. The molecule has 3 aromatic heterocycles. The van der Waals surface area contributed by atoms with Crippen molar-refractivity contribution in [2.45, 2.75) is 6.92 Å². The Balaban J connectivity index is 2.21. The summed E-state index contributed by atoms with van der Waals surface area (Å²) in [7, 11) is 1.35. The van der Waals surface area contributed by atoms with Crippen LogP contribution in [0.2, 0.25) is 0 Å². The number of rotatable bonds is 4. The van der Waals surface area contributed by atoms with Crippen LogP contribution in [0.15, 0.2) is 29.2 Å². The smallest absolute Gasteiger partial charge is 0.322 e. The molecule has 0 aromatic carbocycles. The van der Waals surface area contributed by atoms with Crippen LogP contribution in [0.25, 0.3) is 22.2 Å². The molecule has 0 atom stereocenters. The van der Waals surface area contributed by atoms with E-state index in [1.165, 1.54) is 25.4 Å². The van der Waals surface area contributed by atoms with E-state index in [0.29, 0.717) is 5.69 Å². The quantitative estimate of drug-likeness (QED) is 0.569. The molecule has 1 amide bonds. The van der Waals surface area contributed by atoms with Crippen LogP contribution < -0.4 is 10.9 Å². The summed E-state index contributed by atoms with van der Waals surface area (Å²) in [4.78, 5) is 43.1. The van der Waals surface area contributed by atoms with E-state index < -0.39 is 41.2 Å². The molecule has 0 unspecified atom stereocenters. The van der Waals surface area contributed by atoms with Crippen LogP contribution in [0.4, 0.5) is 4.39 Å². The van der Waals surface area contributed by atoms with Gasteiger partial charge in [-0.2, -0.15) is 4.39 Å². The van der Waals surface area contributed by atoms with Crippen molar-refractivity contribution in [3.8, 4) is 16.9 Å². The summed E-state index contributed by atoms with van der Waals surface area (Å²) in [6.07, 6.45) is 1.32. The van der Waals surface area contributed by atoms with Crippen LogP contribution >= 0.6 is 0 Å². The number of carboxylic acids is 1. The summed E-state index contributed by atoms with van der Waals surface area (Å²) >= 11 is 0. The molecule has 0 fully saturated rings. The topological polar surface area (TPSA) is 134 Å². The molecule has 3 rings (SSSR count). The zero-order valence-electron chi connectivity index (χ0n) is 14.9. The molecule has 3 aromatic rings. The highest BCUT2D eigenvalue weighted by Crippen LogP contribution is 2.30. The number of aromatic nitrogens is 3. The minimum absolute atomic E-state index is 0.0278. The number of carbonyl (C=O) groups is 2. The molecule has 0 saturated heterocycles. The Bertz CT molecular complexity index is 1190. The standard InChI is InChI=1S/C18H15FN4O5/c1-8-3-4-10(15(19)22-8)9-5-11-14(26)13(17(27)21-7-12(24)25)18(28)23(2)16(11)20-6-9/h3-6,26H,7H2,1-2H3,(H,21,27)(H,24,25). The highest BCUT2D eigenvalue weighted by atomic mass is 19.1. The van der Waals surface area contributed by atoms with Gasteiger partial charge in [0, 0.05) is 30.1 Å². The Morgan fingerprint density at radius 2 is 2.04 bits per heavy atom. The van der Waals surface area contributed by atoms with Crippen molar-refractivity contribution in [3.63, 3.8) is 0 Å². The normalized spacial score (nSPS) is 10.8. The first-order valence-electron chi connectivity index (χ1n) is 8.06. The number of nitrogens with zero attached hydrogens (tertiary/aromatic N) is 3. The number of aromatic hydroxyl groups is 1. The minimum atomic E-state index is -1.31. The number of amides is 1. The molecule has 0 spiro atoms. The van der Waals surface area contributed by atoms with Gasteiger partial charge in [-0.1, -0.05) is 0 Å². The van der Waals surface area contributed by atoms with Crippen molar-refractivity contribution in [2.75, 3.05) is 6.54 Å². The first-order valence-corrected chi connectivity index (χ1v) is 8.06. The number of pyridine rings is 3. The highest BCUT2D eigenvalue weighted by molar-refractivity contribution is 6.03. The van der Waals surface area contributed by atoms with E-state index in [2.05, 4.69) is 9.97 Å². The van der Waals surface area contributed by atoms with Gasteiger partial charge in [-0.05, 0) is 25.1 Å². The van der Waals surface area contributed by atoms with E-state index in [1.54, 1.807) is 13.0 Å². The van der Waals surface area contributed by atoms with E-state index >= 15 is 0 Å². The fraction of sp³-hybridized carbons (Fsp3) is 0.167. The second kappa shape index (κ2) is 7.06. The SMILES string of the molecule is Cc1ccc(-c2cnc3c(c2)c(O)c(C(=O)NCC(=O)O)c(=O)n3C)c(F)n1. The minimum Gasteiger partial charge on any atom is -0.506 e. The van der Waals surface area contributed by atoms with E-state index in [4.69, 9.17) is 5.11 Å². The molecule has 0 aliphatic carbocycles. The average Bonchev–Trinajstić information content (AvgIpc) is 2.64. The number of halogens is 1. The third-order valence-electron chi connectivity index (χ3n) is 4.12. The fourth-order valence-corrected chi connectivity index (χ4v) is 2.74. The lowest BCUT2D eigenvalue weighted by Crippen LogP contribution is -2.35. The summed E-state index contributed by atoms with van der Waals surface area (Å²) in [5, 5.41) is 21.2. The molecule has 0 aliphatic heterocycles. The molecule has 28 heavy (non-hydrogen) atoms. The average molecular weight is 386 g/mol. The Morgan fingerprint density at radius 3 is 2.68 bits per heavy atom. The van der Waals surface area contributed by atoms with E-state index in [9.17, 15) is 23.9 Å². The molecule has 0 radical (unpaired) electrons. The predicted octanol–water partition coefficient (Wildman–Crippen LogP) is 0.963. The van der Waals surface area contributed by atoms with Gasteiger partial charge in [0.25, 0.3) is 11.5 Å². The monoisotopic (exact) mass is 386 g/mol. The van der Waals surface area contributed by atoms with Crippen molar-refractivity contribution in [1.82, 2.24) is 19.9 Å². The Labute approximate surface area is 157 Å². The van der Waals surface area contributed by atoms with E-state index in [0.717, 1.165) is 4.57 Å². The van der Waals surface area contributed by atoms with E-state index in [-0.39, 0.29) is 22.2 Å². The van der Waals surface area contributed by atoms with Crippen LogP contribution in [0.3, 0.4) is 0 Å². The van der Waals surface area contributed by atoms with Crippen LogP contribution in [-0.4, -0.2) is 43.2 Å². The van der Waals surface area contributed by atoms with Crippen LogP contribution in [0.5, 0.6) is 5.75 Å². The second-order valence-electron chi connectivity index (χ2n) is 6.05. The van der Waals surface area contributed by atoms with Gasteiger partial charge < -0.3 is 15.5 Å². The summed E-state index contributed by atoms with van der Waals surface area (Å²) in [5.41, 5.74) is -0.512. The predicted molar refractivity (Wildman–Crippen MR) is 96.5 cm³/mol. The lowest BCUT2D eigenvalue weighted by molar-refractivity contribution is -0.135. The van der Waals surface area contributed by atoms with Crippen LogP contribution in [0, 0.1) is 12.9 Å². The lowest BCUT2D eigenvalue weighted by atomic mass is 10.1. The second-order valence-corrected chi connectivity index (χ2v) is 6.05. The highest BCUT2D eigenvalue weighted by Gasteiger charge is 2.23. The van der Waals surface area contributed by atoms with Crippen molar-refractivity contribution >= 4 is 22.9 Å². The molecule has 9 nitrogen and oxygen atoms in total. The number of aryl methyl sites for hydroxylation is 2. The maximum absolute atomic E-state index is 14.2. The zero-order valence-corrected chi connectivity index (χ0v) is 14.9. The van der Waals surface area contributed by atoms with Gasteiger partial charge in [-0.15, -0.1) is 0 Å². The molecule has 3 heterocycles. The zero-order chi connectivity index (χ0) is 20.6. The maximum Gasteiger partial charge on any atom is 0.322 e. The van der Waals surface area contributed by atoms with Gasteiger partial charge in [0.15, 0.2) is 0 Å². The number of hydrogen-bond donors (Lipinski definition) is 3. The number of carboxylic acid groups (broad SMARTS) is 1. The van der Waals surface area contributed by atoms with Crippen molar-refractivity contribution < 1.29 is 24.2 Å².